The molecule has 0 spiro atoms. The highest BCUT2D eigenvalue weighted by atomic mass is 79.9. The van der Waals surface area contributed by atoms with Crippen molar-refractivity contribution in [1.29, 1.82) is 0 Å². The number of hydrogen-bond acceptors (Lipinski definition) is 4. The van der Waals surface area contributed by atoms with Crippen LogP contribution in [0.2, 0.25) is 5.02 Å². The molecule has 0 radical (unpaired) electrons. The van der Waals surface area contributed by atoms with E-state index in [1.807, 2.05) is 42.5 Å². The quantitative estimate of drug-likeness (QED) is 0.555. The molecule has 0 bridgehead atoms. The number of hydrogen-bond donors (Lipinski definition) is 1. The van der Waals surface area contributed by atoms with Gasteiger partial charge in [0, 0.05) is 37.2 Å². The molecule has 29 heavy (non-hydrogen) atoms. The molecule has 0 aliphatic carbocycles. The fourth-order valence-corrected chi connectivity index (χ4v) is 4.34. The molecule has 1 fully saturated rings. The summed E-state index contributed by atoms with van der Waals surface area (Å²) in [7, 11) is 0. The van der Waals surface area contributed by atoms with Crippen LogP contribution in [0.4, 0.5) is 5.69 Å². The third-order valence-electron chi connectivity index (χ3n) is 5.25. The van der Waals surface area contributed by atoms with Crippen molar-refractivity contribution in [2.24, 2.45) is 0 Å². The Labute approximate surface area is 184 Å². The van der Waals surface area contributed by atoms with Gasteiger partial charge in [0.1, 0.15) is 18.5 Å². The van der Waals surface area contributed by atoms with Crippen LogP contribution in [-0.2, 0) is 0 Å². The fourth-order valence-electron chi connectivity index (χ4n) is 3.71. The molecule has 1 aliphatic rings. The van der Waals surface area contributed by atoms with E-state index < -0.39 is 6.10 Å². The zero-order valence-electron chi connectivity index (χ0n) is 16.1. The van der Waals surface area contributed by atoms with E-state index in [2.05, 4.69) is 43.9 Å². The monoisotopic (exact) mass is 474 g/mol. The van der Waals surface area contributed by atoms with Gasteiger partial charge in [-0.1, -0.05) is 51.8 Å². The van der Waals surface area contributed by atoms with E-state index in [4.69, 9.17) is 16.3 Å². The van der Waals surface area contributed by atoms with Crippen molar-refractivity contribution in [1.82, 2.24) is 4.90 Å². The highest BCUT2D eigenvalue weighted by molar-refractivity contribution is 9.10. The second kappa shape index (κ2) is 9.35. The van der Waals surface area contributed by atoms with Crippen LogP contribution in [0.3, 0.4) is 0 Å². The predicted molar refractivity (Wildman–Crippen MR) is 123 cm³/mol. The number of ether oxygens (including phenoxy) is 1. The number of rotatable bonds is 6. The summed E-state index contributed by atoms with van der Waals surface area (Å²) in [5.41, 5.74) is 1.08. The third kappa shape index (κ3) is 5.23. The van der Waals surface area contributed by atoms with Crippen LogP contribution in [0.15, 0.2) is 65.1 Å². The van der Waals surface area contributed by atoms with Crippen molar-refractivity contribution < 1.29 is 9.84 Å². The van der Waals surface area contributed by atoms with Gasteiger partial charge in [0.2, 0.25) is 0 Å². The van der Waals surface area contributed by atoms with Crippen LogP contribution in [0.25, 0.3) is 10.8 Å². The maximum atomic E-state index is 10.4. The van der Waals surface area contributed by atoms with E-state index in [9.17, 15) is 5.11 Å². The molecule has 152 valence electrons. The van der Waals surface area contributed by atoms with Gasteiger partial charge in [-0.15, -0.1) is 0 Å². The van der Waals surface area contributed by atoms with E-state index in [0.29, 0.717) is 6.54 Å². The van der Waals surface area contributed by atoms with E-state index in [1.165, 1.54) is 0 Å². The fraction of sp³-hybridized carbons (Fsp3) is 0.304. The number of aliphatic hydroxyl groups is 1. The highest BCUT2D eigenvalue weighted by Gasteiger charge is 2.20. The van der Waals surface area contributed by atoms with Gasteiger partial charge in [-0.05, 0) is 47.2 Å². The van der Waals surface area contributed by atoms with Crippen LogP contribution < -0.4 is 9.64 Å². The first-order valence-corrected chi connectivity index (χ1v) is 11.0. The Morgan fingerprint density at radius 2 is 1.69 bits per heavy atom. The van der Waals surface area contributed by atoms with Crippen molar-refractivity contribution >= 4 is 44.0 Å². The number of β-amino-alcohol motifs (C(OH)–C–C–N with tert-alkyl or cyclic N) is 1. The molecule has 3 aromatic rings. The summed E-state index contributed by atoms with van der Waals surface area (Å²) in [4.78, 5) is 4.58. The average molecular weight is 476 g/mol. The summed E-state index contributed by atoms with van der Waals surface area (Å²) >= 11 is 9.80. The zero-order valence-corrected chi connectivity index (χ0v) is 18.4. The largest absolute Gasteiger partial charge is 0.491 e. The Hall–Kier alpha value is -1.79. The van der Waals surface area contributed by atoms with Crippen LogP contribution in [0, 0.1) is 0 Å². The summed E-state index contributed by atoms with van der Waals surface area (Å²) < 4.78 is 6.90. The number of aliphatic hydroxyl groups excluding tert-OH is 1. The number of benzene rings is 3. The Bertz CT molecular complexity index is 976. The topological polar surface area (TPSA) is 35.9 Å². The summed E-state index contributed by atoms with van der Waals surface area (Å²) in [5, 5.41) is 13.5. The number of para-hydroxylation sites is 1. The second-order valence-corrected chi connectivity index (χ2v) is 8.68. The molecular formula is C23H24BrClN2O2. The average Bonchev–Trinajstić information content (AvgIpc) is 2.73. The summed E-state index contributed by atoms with van der Waals surface area (Å²) in [5.74, 6) is 0.780. The first kappa shape index (κ1) is 20.5. The maximum absolute atomic E-state index is 10.4. The molecule has 6 heteroatoms. The summed E-state index contributed by atoms with van der Waals surface area (Å²) in [6.45, 7) is 4.49. The molecule has 3 aromatic carbocycles. The zero-order chi connectivity index (χ0) is 20.2. The molecule has 0 amide bonds. The molecule has 4 rings (SSSR count). The lowest BCUT2D eigenvalue weighted by molar-refractivity contribution is 0.0663. The van der Waals surface area contributed by atoms with E-state index in [-0.39, 0.29) is 6.61 Å². The Morgan fingerprint density at radius 1 is 0.966 bits per heavy atom. The molecule has 1 aliphatic heterocycles. The van der Waals surface area contributed by atoms with E-state index >= 15 is 0 Å². The first-order valence-electron chi connectivity index (χ1n) is 9.80. The molecule has 1 saturated heterocycles. The smallest absolute Gasteiger partial charge is 0.120 e. The molecule has 1 heterocycles. The van der Waals surface area contributed by atoms with Crippen LogP contribution in [0.1, 0.15) is 0 Å². The van der Waals surface area contributed by atoms with Gasteiger partial charge in [-0.25, -0.2) is 0 Å². The van der Waals surface area contributed by atoms with Crippen LogP contribution >= 0.6 is 27.5 Å². The third-order valence-corrected chi connectivity index (χ3v) is 6.06. The van der Waals surface area contributed by atoms with Crippen molar-refractivity contribution in [3.8, 4) is 5.75 Å². The molecule has 4 nitrogen and oxygen atoms in total. The number of piperazine rings is 1. The first-order chi connectivity index (χ1) is 14.1. The lowest BCUT2D eigenvalue weighted by atomic mass is 10.1. The Balaban J connectivity index is 1.26. The number of halogens is 2. The standard InChI is InChI=1S/C23H24BrClN2O2/c24-19-7-5-18-14-21(8-6-17(18)13-19)29-16-20(28)15-26-9-11-27(12-10-26)23-4-2-1-3-22(23)25/h1-8,13-14,20,28H,9-12,15-16H2/t20-/m1/s1. The lowest BCUT2D eigenvalue weighted by Crippen LogP contribution is -2.49. The molecule has 1 atom stereocenters. The molecule has 0 saturated carbocycles. The van der Waals surface area contributed by atoms with Gasteiger partial charge in [0.25, 0.3) is 0 Å². The van der Waals surface area contributed by atoms with Gasteiger partial charge in [0.05, 0.1) is 10.7 Å². The number of fused-ring (bicyclic) bond motifs is 1. The van der Waals surface area contributed by atoms with Crippen LogP contribution in [0.5, 0.6) is 5.75 Å². The van der Waals surface area contributed by atoms with Crippen molar-refractivity contribution in [2.45, 2.75) is 6.10 Å². The Morgan fingerprint density at radius 3 is 2.48 bits per heavy atom. The molecule has 1 N–H and O–H groups in total. The SMILES string of the molecule is O[C@@H](COc1ccc2cc(Br)ccc2c1)CN1CCN(c2ccccc2Cl)CC1. The van der Waals surface area contributed by atoms with Crippen LogP contribution in [-0.4, -0.2) is 55.4 Å². The molecule has 0 unspecified atom stereocenters. The highest BCUT2D eigenvalue weighted by Crippen LogP contribution is 2.26. The summed E-state index contributed by atoms with van der Waals surface area (Å²) in [6, 6.07) is 20.1. The minimum absolute atomic E-state index is 0.284. The maximum Gasteiger partial charge on any atom is 0.120 e. The van der Waals surface area contributed by atoms with Gasteiger partial charge in [0.15, 0.2) is 0 Å². The lowest BCUT2D eigenvalue weighted by Gasteiger charge is -2.37. The minimum atomic E-state index is -0.525. The van der Waals surface area contributed by atoms with Gasteiger partial charge >= 0.3 is 0 Å². The van der Waals surface area contributed by atoms with Gasteiger partial charge in [-0.3, -0.25) is 4.90 Å². The molecule has 0 aromatic heterocycles. The van der Waals surface area contributed by atoms with E-state index in [1.54, 1.807) is 0 Å². The normalized spacial score (nSPS) is 16.2. The van der Waals surface area contributed by atoms with Gasteiger partial charge < -0.3 is 14.7 Å². The number of nitrogens with zero attached hydrogens (tertiary/aromatic N) is 2. The second-order valence-electron chi connectivity index (χ2n) is 7.36. The van der Waals surface area contributed by atoms with E-state index in [0.717, 1.165) is 57.9 Å². The number of anilines is 1. The van der Waals surface area contributed by atoms with Gasteiger partial charge in [-0.2, -0.15) is 0 Å². The molecular weight excluding hydrogens is 452 g/mol. The summed E-state index contributed by atoms with van der Waals surface area (Å²) in [6.07, 6.45) is -0.525. The van der Waals surface area contributed by atoms with Crippen molar-refractivity contribution in [2.75, 3.05) is 44.2 Å². The predicted octanol–water partition coefficient (Wildman–Crippen LogP) is 4.82. The Kier molecular flexibility index (Phi) is 6.60. The van der Waals surface area contributed by atoms with Crippen molar-refractivity contribution in [3.05, 3.63) is 70.2 Å². The minimum Gasteiger partial charge on any atom is -0.491 e. The van der Waals surface area contributed by atoms with Crippen molar-refractivity contribution in [3.63, 3.8) is 0 Å².